The molecule has 0 N–H and O–H groups in total. The monoisotopic (exact) mass is 358 g/mol. The Labute approximate surface area is 144 Å². The van der Waals surface area contributed by atoms with Crippen LogP contribution in [0.25, 0.3) is 17.2 Å². The molecule has 0 aliphatic heterocycles. The van der Waals surface area contributed by atoms with E-state index in [1.165, 1.54) is 33.4 Å². The Kier molecular flexibility index (Phi) is 3.72. The summed E-state index contributed by atoms with van der Waals surface area (Å²) in [5, 5.41) is 0. The Bertz CT molecular complexity index is 917. The summed E-state index contributed by atoms with van der Waals surface area (Å²) < 4.78 is 1.12. The van der Waals surface area contributed by atoms with Crippen LogP contribution in [-0.4, -0.2) is 0 Å². The first-order chi connectivity index (χ1) is 11.3. The number of hydrogen-bond acceptors (Lipinski definition) is 0. The minimum absolute atomic E-state index is 1.12. The standard InChI is InChI=1S/C22H15Br/c23-22-13-7-4-10-17(22)14-18-15-21(16-8-2-1-3-9-16)20-12-6-5-11-19(18)20/h1-15H/b18-14+. The van der Waals surface area contributed by atoms with E-state index in [0.29, 0.717) is 0 Å². The Morgan fingerprint density at radius 3 is 2.09 bits per heavy atom. The molecule has 1 aliphatic rings. The summed E-state index contributed by atoms with van der Waals surface area (Å²) in [6.45, 7) is 0. The van der Waals surface area contributed by atoms with Crippen LogP contribution in [0.1, 0.15) is 22.3 Å². The highest BCUT2D eigenvalue weighted by molar-refractivity contribution is 9.10. The van der Waals surface area contributed by atoms with E-state index >= 15 is 0 Å². The lowest BCUT2D eigenvalue weighted by Crippen LogP contribution is -1.85. The Morgan fingerprint density at radius 2 is 1.30 bits per heavy atom. The summed E-state index contributed by atoms with van der Waals surface area (Å²) in [7, 11) is 0. The predicted octanol–water partition coefficient (Wildman–Crippen LogP) is 6.44. The van der Waals surface area contributed by atoms with Crippen LogP contribution in [0, 0.1) is 0 Å². The van der Waals surface area contributed by atoms with Crippen LogP contribution in [0.15, 0.2) is 89.4 Å². The van der Waals surface area contributed by atoms with E-state index in [1.807, 2.05) is 6.07 Å². The molecular weight excluding hydrogens is 344 g/mol. The first-order valence-electron chi connectivity index (χ1n) is 7.66. The van der Waals surface area contributed by atoms with Crippen molar-refractivity contribution in [3.8, 4) is 0 Å². The average Bonchev–Trinajstić information content (AvgIpc) is 2.97. The molecule has 4 rings (SSSR count). The molecule has 0 unspecified atom stereocenters. The van der Waals surface area contributed by atoms with Gasteiger partial charge in [0.05, 0.1) is 0 Å². The normalized spacial score (nSPS) is 14.7. The highest BCUT2D eigenvalue weighted by Gasteiger charge is 2.18. The number of rotatable bonds is 2. The van der Waals surface area contributed by atoms with E-state index in [9.17, 15) is 0 Å². The lowest BCUT2D eigenvalue weighted by atomic mass is 9.99. The van der Waals surface area contributed by atoms with Gasteiger partial charge in [-0.1, -0.05) is 88.7 Å². The van der Waals surface area contributed by atoms with E-state index in [-0.39, 0.29) is 0 Å². The summed E-state index contributed by atoms with van der Waals surface area (Å²) in [6.07, 6.45) is 4.54. The smallest absolute Gasteiger partial charge is 0.0247 e. The summed E-state index contributed by atoms with van der Waals surface area (Å²) in [5.74, 6) is 0. The van der Waals surface area contributed by atoms with Crippen molar-refractivity contribution in [1.29, 1.82) is 0 Å². The fourth-order valence-corrected chi connectivity index (χ4v) is 3.42. The van der Waals surface area contributed by atoms with Crippen molar-refractivity contribution in [2.45, 2.75) is 0 Å². The SMILES string of the molecule is Brc1ccccc1/C=C1\C=C(c2ccccc2)c2ccccc21. The molecule has 3 aromatic rings. The molecule has 0 radical (unpaired) electrons. The number of benzene rings is 3. The fraction of sp³-hybridized carbons (Fsp3) is 0. The molecule has 110 valence electrons. The third kappa shape index (κ3) is 2.69. The van der Waals surface area contributed by atoms with Crippen LogP contribution in [0.4, 0.5) is 0 Å². The molecular formula is C22H15Br. The van der Waals surface area contributed by atoms with Crippen LogP contribution < -0.4 is 0 Å². The van der Waals surface area contributed by atoms with E-state index in [4.69, 9.17) is 0 Å². The van der Waals surface area contributed by atoms with Crippen molar-refractivity contribution in [2.24, 2.45) is 0 Å². The van der Waals surface area contributed by atoms with Gasteiger partial charge in [0.2, 0.25) is 0 Å². The van der Waals surface area contributed by atoms with E-state index < -0.39 is 0 Å². The average molecular weight is 359 g/mol. The summed E-state index contributed by atoms with van der Waals surface area (Å²) in [5.41, 5.74) is 7.60. The Balaban J connectivity index is 1.89. The van der Waals surface area contributed by atoms with Gasteiger partial charge < -0.3 is 0 Å². The van der Waals surface area contributed by atoms with Gasteiger partial charge in [-0.2, -0.15) is 0 Å². The maximum Gasteiger partial charge on any atom is 0.0247 e. The maximum absolute atomic E-state index is 3.64. The van der Waals surface area contributed by atoms with Gasteiger partial charge >= 0.3 is 0 Å². The van der Waals surface area contributed by atoms with Crippen molar-refractivity contribution >= 4 is 33.2 Å². The largest absolute Gasteiger partial charge is 0.0622 e. The van der Waals surface area contributed by atoms with Crippen molar-refractivity contribution in [2.75, 3.05) is 0 Å². The lowest BCUT2D eigenvalue weighted by Gasteiger charge is -2.05. The molecule has 0 heterocycles. The number of halogens is 1. The topological polar surface area (TPSA) is 0 Å². The first-order valence-corrected chi connectivity index (χ1v) is 8.45. The number of hydrogen-bond donors (Lipinski definition) is 0. The van der Waals surface area contributed by atoms with Crippen molar-refractivity contribution in [1.82, 2.24) is 0 Å². The Morgan fingerprint density at radius 1 is 0.652 bits per heavy atom. The van der Waals surface area contributed by atoms with Gasteiger partial charge in [-0.15, -0.1) is 0 Å². The lowest BCUT2D eigenvalue weighted by molar-refractivity contribution is 1.55. The highest BCUT2D eigenvalue weighted by atomic mass is 79.9. The summed E-state index contributed by atoms with van der Waals surface area (Å²) >= 11 is 3.64. The van der Waals surface area contributed by atoms with Gasteiger partial charge in [0.1, 0.15) is 0 Å². The van der Waals surface area contributed by atoms with Gasteiger partial charge in [-0.25, -0.2) is 0 Å². The summed E-state index contributed by atoms with van der Waals surface area (Å²) in [6, 6.07) is 27.5. The van der Waals surface area contributed by atoms with E-state index in [0.717, 1.165) is 4.47 Å². The van der Waals surface area contributed by atoms with Gasteiger partial charge in [-0.05, 0) is 51.6 Å². The molecule has 0 amide bonds. The molecule has 3 aromatic carbocycles. The molecule has 0 saturated heterocycles. The minimum Gasteiger partial charge on any atom is -0.0622 e. The number of fused-ring (bicyclic) bond motifs is 1. The molecule has 0 nitrogen and oxygen atoms in total. The van der Waals surface area contributed by atoms with E-state index in [2.05, 4.69) is 101 Å². The van der Waals surface area contributed by atoms with Crippen molar-refractivity contribution < 1.29 is 0 Å². The molecule has 0 fully saturated rings. The van der Waals surface area contributed by atoms with Crippen LogP contribution in [0.2, 0.25) is 0 Å². The van der Waals surface area contributed by atoms with Crippen molar-refractivity contribution in [3.05, 3.63) is 112 Å². The zero-order valence-electron chi connectivity index (χ0n) is 12.5. The fourth-order valence-electron chi connectivity index (χ4n) is 3.02. The molecule has 23 heavy (non-hydrogen) atoms. The molecule has 0 bridgehead atoms. The van der Waals surface area contributed by atoms with Gasteiger partial charge in [0, 0.05) is 4.47 Å². The molecule has 0 atom stereocenters. The zero-order chi connectivity index (χ0) is 15.6. The van der Waals surface area contributed by atoms with Crippen LogP contribution in [0.5, 0.6) is 0 Å². The minimum atomic E-state index is 1.12. The van der Waals surface area contributed by atoms with Crippen LogP contribution >= 0.6 is 15.9 Å². The second-order valence-corrected chi connectivity index (χ2v) is 6.45. The second kappa shape index (κ2) is 6.02. The van der Waals surface area contributed by atoms with Crippen molar-refractivity contribution in [3.63, 3.8) is 0 Å². The zero-order valence-corrected chi connectivity index (χ0v) is 14.1. The first kappa shape index (κ1) is 14.2. The molecule has 0 aromatic heterocycles. The molecule has 1 aliphatic carbocycles. The van der Waals surface area contributed by atoms with Crippen LogP contribution in [0.3, 0.4) is 0 Å². The van der Waals surface area contributed by atoms with Crippen LogP contribution in [-0.2, 0) is 0 Å². The molecule has 1 heteroatoms. The van der Waals surface area contributed by atoms with Gasteiger partial charge in [0.25, 0.3) is 0 Å². The van der Waals surface area contributed by atoms with Gasteiger partial charge in [-0.3, -0.25) is 0 Å². The quantitative estimate of drug-likeness (QED) is 0.494. The third-order valence-electron chi connectivity index (χ3n) is 4.13. The Hall–Kier alpha value is -2.38. The summed E-state index contributed by atoms with van der Waals surface area (Å²) in [4.78, 5) is 0. The number of allylic oxidation sites excluding steroid dienone is 2. The maximum atomic E-state index is 3.64. The predicted molar refractivity (Wildman–Crippen MR) is 102 cm³/mol. The third-order valence-corrected chi connectivity index (χ3v) is 4.85. The van der Waals surface area contributed by atoms with Gasteiger partial charge in [0.15, 0.2) is 0 Å². The second-order valence-electron chi connectivity index (χ2n) is 5.59. The highest BCUT2D eigenvalue weighted by Crippen LogP contribution is 2.40. The molecule has 0 spiro atoms. The van der Waals surface area contributed by atoms with E-state index in [1.54, 1.807) is 0 Å². The molecule has 0 saturated carbocycles.